The molecule has 0 spiro atoms. The molecule has 2 atom stereocenters. The molecule has 7 heteroatoms. The van der Waals surface area contributed by atoms with E-state index < -0.39 is 0 Å². The number of nitrogens with zero attached hydrogens (tertiary/aromatic N) is 4. The number of hydrogen-bond acceptors (Lipinski definition) is 4. The number of carbonyl (C=O) groups is 2. The van der Waals surface area contributed by atoms with Gasteiger partial charge in [0, 0.05) is 39.0 Å². The summed E-state index contributed by atoms with van der Waals surface area (Å²) in [6, 6.07) is -0.320. The van der Waals surface area contributed by atoms with Gasteiger partial charge >= 0.3 is 0 Å². The van der Waals surface area contributed by atoms with Crippen LogP contribution >= 0.6 is 0 Å². The second-order valence-corrected chi connectivity index (χ2v) is 6.15. The van der Waals surface area contributed by atoms with Crippen LogP contribution in [0.3, 0.4) is 0 Å². The van der Waals surface area contributed by atoms with Crippen LogP contribution in [0, 0.1) is 5.92 Å². The highest BCUT2D eigenvalue weighted by molar-refractivity contribution is 5.84. The number of hydroxylamine groups is 2. The van der Waals surface area contributed by atoms with Crippen LogP contribution in [0.1, 0.15) is 44.5 Å². The molecule has 2 fully saturated rings. The zero-order chi connectivity index (χ0) is 16.4. The number of carbonyl (C=O) groups excluding carboxylic acids is 2. The van der Waals surface area contributed by atoms with Crippen LogP contribution < -0.4 is 0 Å². The fourth-order valence-corrected chi connectivity index (χ4v) is 3.52. The molecule has 23 heavy (non-hydrogen) atoms. The van der Waals surface area contributed by atoms with Crippen molar-refractivity contribution in [3.63, 3.8) is 0 Å². The van der Waals surface area contributed by atoms with Crippen molar-refractivity contribution in [3.8, 4) is 0 Å². The molecule has 1 aromatic rings. The Morgan fingerprint density at radius 1 is 1.43 bits per heavy atom. The van der Waals surface area contributed by atoms with Gasteiger partial charge in [-0.3, -0.25) is 14.4 Å². The summed E-state index contributed by atoms with van der Waals surface area (Å²) in [6.07, 6.45) is 6.45. The standard InChI is InChI=1S/C16H24N4O3/c1-3-19-13(21)7-6-12(14(19)15-17-8-10-18(15)2)16(22)20-9-4-5-11-23-20/h8,10,12,14H,3-7,9,11H2,1-2H3/t12-,14-/m0/s1. The molecule has 0 unspecified atom stereocenters. The molecule has 0 saturated carbocycles. The second-order valence-electron chi connectivity index (χ2n) is 6.15. The first-order valence-corrected chi connectivity index (χ1v) is 8.34. The average Bonchev–Trinajstić information content (AvgIpc) is 3.00. The van der Waals surface area contributed by atoms with E-state index in [2.05, 4.69) is 4.98 Å². The third-order valence-corrected chi connectivity index (χ3v) is 4.74. The summed E-state index contributed by atoms with van der Waals surface area (Å²) in [4.78, 5) is 37.0. The number of amides is 2. The maximum absolute atomic E-state index is 13.0. The molecule has 3 heterocycles. The van der Waals surface area contributed by atoms with Gasteiger partial charge in [0.05, 0.1) is 12.5 Å². The van der Waals surface area contributed by atoms with Crippen LogP contribution in [0.5, 0.6) is 0 Å². The van der Waals surface area contributed by atoms with Crippen molar-refractivity contribution in [2.45, 2.75) is 38.6 Å². The molecule has 3 rings (SSSR count). The van der Waals surface area contributed by atoms with Gasteiger partial charge in [0.2, 0.25) is 5.91 Å². The molecule has 0 bridgehead atoms. The third-order valence-electron chi connectivity index (χ3n) is 4.74. The van der Waals surface area contributed by atoms with E-state index in [0.717, 1.165) is 18.7 Å². The molecule has 7 nitrogen and oxygen atoms in total. The molecular weight excluding hydrogens is 296 g/mol. The molecule has 0 aliphatic carbocycles. The minimum Gasteiger partial charge on any atom is -0.336 e. The largest absolute Gasteiger partial charge is 0.336 e. The normalized spacial score (nSPS) is 25.7. The van der Waals surface area contributed by atoms with Crippen LogP contribution in [0.2, 0.25) is 0 Å². The highest BCUT2D eigenvalue weighted by Crippen LogP contribution is 2.37. The highest BCUT2D eigenvalue weighted by Gasteiger charge is 2.43. The highest BCUT2D eigenvalue weighted by atomic mass is 16.7. The predicted octanol–water partition coefficient (Wildman–Crippen LogP) is 1.27. The summed E-state index contributed by atoms with van der Waals surface area (Å²) in [5.74, 6) is 0.523. The van der Waals surface area contributed by atoms with Crippen molar-refractivity contribution >= 4 is 11.8 Å². The molecule has 2 aliphatic rings. The fraction of sp³-hybridized carbons (Fsp3) is 0.688. The molecular formula is C16H24N4O3. The van der Waals surface area contributed by atoms with E-state index in [9.17, 15) is 9.59 Å². The SMILES string of the molecule is CCN1C(=O)CC[C@H](C(=O)N2CCCCO2)[C@H]1c1nccn1C. The van der Waals surface area contributed by atoms with Gasteiger partial charge in [-0.25, -0.2) is 10.0 Å². The zero-order valence-corrected chi connectivity index (χ0v) is 13.8. The molecule has 0 N–H and O–H groups in total. The Balaban J connectivity index is 1.91. The number of likely N-dealkylation sites (tertiary alicyclic amines) is 1. The fourth-order valence-electron chi connectivity index (χ4n) is 3.52. The van der Waals surface area contributed by atoms with E-state index in [-0.39, 0.29) is 23.8 Å². The summed E-state index contributed by atoms with van der Waals surface area (Å²) >= 11 is 0. The maximum atomic E-state index is 13.0. The van der Waals surface area contributed by atoms with Crippen LogP contribution in [-0.2, 0) is 21.5 Å². The van der Waals surface area contributed by atoms with E-state index in [0.29, 0.717) is 32.5 Å². The molecule has 0 radical (unpaired) electrons. The van der Waals surface area contributed by atoms with Crippen LogP contribution in [0.25, 0.3) is 0 Å². The van der Waals surface area contributed by atoms with E-state index in [1.807, 2.05) is 24.7 Å². The van der Waals surface area contributed by atoms with Gasteiger partial charge in [0.25, 0.3) is 5.91 Å². The lowest BCUT2D eigenvalue weighted by Crippen LogP contribution is -2.50. The summed E-state index contributed by atoms with van der Waals surface area (Å²) in [5.41, 5.74) is 0. The first-order valence-electron chi connectivity index (χ1n) is 8.34. The average molecular weight is 320 g/mol. The van der Waals surface area contributed by atoms with E-state index in [1.54, 1.807) is 11.1 Å². The van der Waals surface area contributed by atoms with Crippen molar-refractivity contribution in [1.29, 1.82) is 0 Å². The Kier molecular flexibility index (Phi) is 4.66. The number of hydrogen-bond donors (Lipinski definition) is 0. The van der Waals surface area contributed by atoms with Crippen molar-refractivity contribution in [2.24, 2.45) is 13.0 Å². The van der Waals surface area contributed by atoms with Gasteiger partial charge in [0.1, 0.15) is 11.9 Å². The van der Waals surface area contributed by atoms with Gasteiger partial charge in [-0.2, -0.15) is 0 Å². The van der Waals surface area contributed by atoms with Crippen molar-refractivity contribution in [1.82, 2.24) is 19.5 Å². The van der Waals surface area contributed by atoms with Gasteiger partial charge in [-0.1, -0.05) is 0 Å². The van der Waals surface area contributed by atoms with Crippen molar-refractivity contribution < 1.29 is 14.4 Å². The first-order chi connectivity index (χ1) is 11.1. The number of imidazole rings is 1. The van der Waals surface area contributed by atoms with Gasteiger partial charge in [0.15, 0.2) is 0 Å². The summed E-state index contributed by atoms with van der Waals surface area (Å²) in [6.45, 7) is 3.73. The molecule has 1 aromatic heterocycles. The molecule has 126 valence electrons. The molecule has 2 amide bonds. The van der Waals surface area contributed by atoms with E-state index >= 15 is 0 Å². The van der Waals surface area contributed by atoms with Crippen LogP contribution in [0.4, 0.5) is 0 Å². The minimum absolute atomic E-state index is 0.0244. The minimum atomic E-state index is -0.320. The van der Waals surface area contributed by atoms with Crippen LogP contribution in [-0.4, -0.2) is 51.0 Å². The Hall–Kier alpha value is -1.89. The number of aromatic nitrogens is 2. The molecule has 2 saturated heterocycles. The number of piperidine rings is 1. The summed E-state index contributed by atoms with van der Waals surface area (Å²) < 4.78 is 1.89. The molecule has 2 aliphatic heterocycles. The van der Waals surface area contributed by atoms with Crippen molar-refractivity contribution in [3.05, 3.63) is 18.2 Å². The Bertz CT molecular complexity index is 580. The number of rotatable bonds is 3. The van der Waals surface area contributed by atoms with Gasteiger partial charge in [-0.15, -0.1) is 0 Å². The molecule has 0 aromatic carbocycles. The Morgan fingerprint density at radius 3 is 2.87 bits per heavy atom. The second kappa shape index (κ2) is 6.70. The Labute approximate surface area is 136 Å². The van der Waals surface area contributed by atoms with Crippen LogP contribution in [0.15, 0.2) is 12.4 Å². The summed E-state index contributed by atoms with van der Waals surface area (Å²) in [7, 11) is 1.90. The topological polar surface area (TPSA) is 67.7 Å². The summed E-state index contributed by atoms with van der Waals surface area (Å²) in [5, 5.41) is 1.49. The van der Waals surface area contributed by atoms with Gasteiger partial charge < -0.3 is 9.47 Å². The lowest BCUT2D eigenvalue weighted by atomic mass is 9.87. The maximum Gasteiger partial charge on any atom is 0.251 e. The van der Waals surface area contributed by atoms with Gasteiger partial charge in [-0.05, 0) is 26.2 Å². The zero-order valence-electron chi connectivity index (χ0n) is 13.8. The lowest BCUT2D eigenvalue weighted by Gasteiger charge is -2.41. The quantitative estimate of drug-likeness (QED) is 0.841. The number of aryl methyl sites for hydroxylation is 1. The first kappa shape index (κ1) is 16.0. The van der Waals surface area contributed by atoms with E-state index in [4.69, 9.17) is 4.84 Å². The monoisotopic (exact) mass is 320 g/mol. The van der Waals surface area contributed by atoms with Crippen molar-refractivity contribution in [2.75, 3.05) is 19.7 Å². The lowest BCUT2D eigenvalue weighted by molar-refractivity contribution is -0.204. The third kappa shape index (κ3) is 2.97. The Morgan fingerprint density at radius 2 is 2.26 bits per heavy atom. The predicted molar refractivity (Wildman–Crippen MR) is 83.0 cm³/mol. The van der Waals surface area contributed by atoms with E-state index in [1.165, 1.54) is 5.06 Å². The smallest absolute Gasteiger partial charge is 0.251 e.